The van der Waals surface area contributed by atoms with Crippen molar-refractivity contribution in [2.45, 2.75) is 12.1 Å². The number of imidazole rings is 1. The van der Waals surface area contributed by atoms with Gasteiger partial charge in [0, 0.05) is 10.9 Å². The largest absolute Gasteiger partial charge is 0.378 e. The third-order valence-corrected chi connectivity index (χ3v) is 6.15. The lowest BCUT2D eigenvalue weighted by Crippen LogP contribution is -2.34. The molecule has 0 fully saturated rings. The van der Waals surface area contributed by atoms with Crippen LogP contribution in [0.1, 0.15) is 11.1 Å². The van der Waals surface area contributed by atoms with Crippen molar-refractivity contribution in [2.24, 2.45) is 0 Å². The van der Waals surface area contributed by atoms with Gasteiger partial charge in [-0.25, -0.2) is 28.4 Å². The number of benzene rings is 3. The lowest BCUT2D eigenvalue weighted by molar-refractivity contribution is 0.0535. The summed E-state index contributed by atoms with van der Waals surface area (Å²) in [7, 11) is 0. The molecule has 3 aromatic heterocycles. The molecule has 3 aromatic carbocycles. The first-order valence-electron chi connectivity index (χ1n) is 10.9. The maximum Gasteiger partial charge on any atom is 0.158 e. The molecule has 0 aliphatic heterocycles. The van der Waals surface area contributed by atoms with Gasteiger partial charge < -0.3 is 10.1 Å². The Bertz CT molecular complexity index is 1520. The molecular formula is C26H20F2N6OS. The maximum atomic E-state index is 14.2. The molecule has 0 aliphatic carbocycles. The molecule has 7 nitrogen and oxygen atoms in total. The molecule has 2 N–H and O–H groups in total. The molecule has 180 valence electrons. The first-order valence-corrected chi connectivity index (χ1v) is 11.9. The summed E-state index contributed by atoms with van der Waals surface area (Å²) in [6.45, 7) is -0.0421. The second kappa shape index (κ2) is 10.1. The normalized spacial score (nSPS) is 12.6. The average Bonchev–Trinajstić information content (AvgIpc) is 3.66. The fraction of sp³-hybridized carbons (Fsp3) is 0.0769. The number of nitrogens with zero attached hydrogens (tertiary/aromatic N) is 5. The highest BCUT2D eigenvalue weighted by Gasteiger charge is 2.35. The number of hydrogen-bond acceptors (Lipinski definition) is 6. The molecule has 3 heterocycles. The lowest BCUT2D eigenvalue weighted by atomic mass is 9.86. The molecular weight excluding hydrogens is 482 g/mol. The molecule has 0 amide bonds. The zero-order valence-corrected chi connectivity index (χ0v) is 19.6. The Kier molecular flexibility index (Phi) is 6.61. The monoisotopic (exact) mass is 502 g/mol. The van der Waals surface area contributed by atoms with Crippen LogP contribution in [0.4, 0.5) is 8.78 Å². The number of aromatic nitrogens is 6. The first-order chi connectivity index (χ1) is 17.5. The highest BCUT2D eigenvalue weighted by Crippen LogP contribution is 2.33. The summed E-state index contributed by atoms with van der Waals surface area (Å²) in [5.74, 6) is -0.137. The Labute approximate surface area is 208 Å². The fourth-order valence-corrected chi connectivity index (χ4v) is 4.34. The van der Waals surface area contributed by atoms with E-state index in [0.29, 0.717) is 5.56 Å². The van der Waals surface area contributed by atoms with Gasteiger partial charge >= 0.3 is 0 Å². The van der Waals surface area contributed by atoms with Crippen molar-refractivity contribution in [2.75, 3.05) is 0 Å². The number of halogens is 2. The summed E-state index contributed by atoms with van der Waals surface area (Å²) >= 11 is 1.57. The number of rotatable bonds is 5. The Morgan fingerprint density at radius 2 is 1.75 bits per heavy atom. The summed E-state index contributed by atoms with van der Waals surface area (Å²) in [4.78, 5) is 15.7. The molecule has 6 rings (SSSR count). The van der Waals surface area contributed by atoms with Crippen LogP contribution in [0.25, 0.3) is 22.6 Å². The van der Waals surface area contributed by atoms with E-state index in [-0.39, 0.29) is 12.1 Å². The van der Waals surface area contributed by atoms with Crippen molar-refractivity contribution in [3.8, 4) is 11.5 Å². The van der Waals surface area contributed by atoms with Gasteiger partial charge in [-0.3, -0.25) is 0 Å². The third kappa shape index (κ3) is 4.90. The van der Waals surface area contributed by atoms with Crippen molar-refractivity contribution < 1.29 is 13.9 Å². The van der Waals surface area contributed by atoms with Gasteiger partial charge in [-0.05, 0) is 35.9 Å². The van der Waals surface area contributed by atoms with Crippen LogP contribution in [-0.2, 0) is 12.1 Å². The Hall–Kier alpha value is -4.28. The molecule has 1 atom stereocenters. The zero-order valence-electron chi connectivity index (χ0n) is 18.8. The molecule has 0 saturated carbocycles. The van der Waals surface area contributed by atoms with Crippen molar-refractivity contribution >= 4 is 22.4 Å². The van der Waals surface area contributed by atoms with Gasteiger partial charge in [0.15, 0.2) is 5.82 Å². The predicted molar refractivity (Wildman–Crippen MR) is 133 cm³/mol. The van der Waals surface area contributed by atoms with E-state index in [1.165, 1.54) is 53.7 Å². The predicted octanol–water partition coefficient (Wildman–Crippen LogP) is 5.18. The minimum atomic E-state index is -1.69. The minimum absolute atomic E-state index is 0.0421. The van der Waals surface area contributed by atoms with E-state index in [1.807, 2.05) is 35.2 Å². The molecule has 36 heavy (non-hydrogen) atoms. The lowest BCUT2D eigenvalue weighted by Gasteiger charge is -2.29. The summed E-state index contributed by atoms with van der Waals surface area (Å²) < 4.78 is 28.7. The number of H-pyrrole nitrogens is 1. The van der Waals surface area contributed by atoms with E-state index in [4.69, 9.17) is 0 Å². The van der Waals surface area contributed by atoms with Crippen LogP contribution in [0, 0.1) is 11.6 Å². The molecule has 0 radical (unpaired) electrons. The number of fused-ring (bicyclic) bond motifs is 1. The summed E-state index contributed by atoms with van der Waals surface area (Å²) in [6.07, 6.45) is 2.75. The van der Waals surface area contributed by atoms with Gasteiger partial charge in [-0.2, -0.15) is 5.10 Å². The van der Waals surface area contributed by atoms with E-state index in [9.17, 15) is 13.9 Å². The van der Waals surface area contributed by atoms with E-state index in [2.05, 4.69) is 25.0 Å². The summed E-state index contributed by atoms with van der Waals surface area (Å²) in [5.41, 5.74) is 3.53. The SMILES string of the molecule is OC(Cn1cncn1)(c1ccc(F)cc1)c1ccccc1F.c1ccc2[nH]c(-c3cscn3)nc2c1. The summed E-state index contributed by atoms with van der Waals surface area (Å²) in [6, 6.07) is 19.2. The van der Waals surface area contributed by atoms with Crippen LogP contribution in [0.3, 0.4) is 0 Å². The fourth-order valence-electron chi connectivity index (χ4n) is 3.81. The zero-order chi connectivity index (χ0) is 25.0. The van der Waals surface area contributed by atoms with Crippen molar-refractivity contribution in [1.82, 2.24) is 29.7 Å². The molecule has 0 spiro atoms. The van der Waals surface area contributed by atoms with Crippen LogP contribution in [0.5, 0.6) is 0 Å². The Balaban J connectivity index is 0.000000163. The highest BCUT2D eigenvalue weighted by atomic mass is 32.1. The number of hydrogen-bond donors (Lipinski definition) is 2. The van der Waals surface area contributed by atoms with Crippen LogP contribution in [0.15, 0.2) is 96.3 Å². The number of aromatic amines is 1. The van der Waals surface area contributed by atoms with E-state index in [1.54, 1.807) is 23.5 Å². The Morgan fingerprint density at radius 1 is 0.972 bits per heavy atom. The third-order valence-electron chi connectivity index (χ3n) is 5.56. The second-order valence-corrected chi connectivity index (χ2v) is 8.64. The molecule has 10 heteroatoms. The molecule has 0 bridgehead atoms. The van der Waals surface area contributed by atoms with Gasteiger partial charge in [0.2, 0.25) is 0 Å². The number of para-hydroxylation sites is 2. The average molecular weight is 503 g/mol. The molecule has 1 unspecified atom stereocenters. The van der Waals surface area contributed by atoms with Gasteiger partial charge in [-0.1, -0.05) is 42.5 Å². The number of aliphatic hydroxyl groups is 1. The molecule has 6 aromatic rings. The minimum Gasteiger partial charge on any atom is -0.378 e. The number of nitrogens with one attached hydrogen (secondary N) is 1. The van der Waals surface area contributed by atoms with Crippen LogP contribution in [-0.4, -0.2) is 34.8 Å². The second-order valence-electron chi connectivity index (χ2n) is 7.92. The Morgan fingerprint density at radius 3 is 2.44 bits per heavy atom. The quantitative estimate of drug-likeness (QED) is 0.339. The summed E-state index contributed by atoms with van der Waals surface area (Å²) in [5, 5.41) is 17.1. The van der Waals surface area contributed by atoms with Gasteiger partial charge in [-0.15, -0.1) is 11.3 Å². The van der Waals surface area contributed by atoms with Crippen LogP contribution >= 0.6 is 11.3 Å². The van der Waals surface area contributed by atoms with Gasteiger partial charge in [0.1, 0.15) is 35.6 Å². The van der Waals surface area contributed by atoms with Crippen molar-refractivity contribution in [1.29, 1.82) is 0 Å². The van der Waals surface area contributed by atoms with Crippen molar-refractivity contribution in [3.05, 3.63) is 119 Å². The molecule has 0 aliphatic rings. The standard InChI is InChI=1S/C16H13F2N3O.C10H7N3S/c17-13-7-5-12(6-8-13)16(22,9-21-11-19-10-20-21)14-3-1-2-4-15(14)18;1-2-4-8-7(3-1)12-10(13-8)9-5-14-6-11-9/h1-8,10-11,22H,9H2;1-6H,(H,12,13). The first kappa shape index (κ1) is 23.5. The highest BCUT2D eigenvalue weighted by molar-refractivity contribution is 7.07. The van der Waals surface area contributed by atoms with E-state index < -0.39 is 17.2 Å². The maximum absolute atomic E-state index is 14.2. The number of thiazole rings is 1. The van der Waals surface area contributed by atoms with Gasteiger partial charge in [0.25, 0.3) is 0 Å². The van der Waals surface area contributed by atoms with E-state index >= 15 is 0 Å². The van der Waals surface area contributed by atoms with Crippen LogP contribution < -0.4 is 0 Å². The van der Waals surface area contributed by atoms with E-state index in [0.717, 1.165) is 22.6 Å². The van der Waals surface area contributed by atoms with Crippen LogP contribution in [0.2, 0.25) is 0 Å². The smallest absolute Gasteiger partial charge is 0.158 e. The topological polar surface area (TPSA) is 92.5 Å². The van der Waals surface area contributed by atoms with Crippen molar-refractivity contribution in [3.63, 3.8) is 0 Å². The molecule has 0 saturated heterocycles. The van der Waals surface area contributed by atoms with Gasteiger partial charge in [0.05, 0.1) is 23.1 Å².